The van der Waals surface area contributed by atoms with Crippen LogP contribution >= 0.6 is 0 Å². The molecule has 0 saturated carbocycles. The fourth-order valence-corrected chi connectivity index (χ4v) is 1.52. The van der Waals surface area contributed by atoms with E-state index < -0.39 is 5.54 Å². The van der Waals surface area contributed by atoms with Gasteiger partial charge in [0.05, 0.1) is 0 Å². The van der Waals surface area contributed by atoms with Crippen LogP contribution in [0.2, 0.25) is 0 Å². The highest BCUT2D eigenvalue weighted by molar-refractivity contribution is 5.35. The summed E-state index contributed by atoms with van der Waals surface area (Å²) in [6, 6.07) is 3.37. The summed E-state index contributed by atoms with van der Waals surface area (Å²) in [5.74, 6) is -0.181. The summed E-state index contributed by atoms with van der Waals surface area (Å²) in [7, 11) is 0. The summed E-state index contributed by atoms with van der Waals surface area (Å²) in [4.78, 5) is 0. The Morgan fingerprint density at radius 3 is 2.15 bits per heavy atom. The highest BCUT2D eigenvalue weighted by Crippen LogP contribution is 2.23. The van der Waals surface area contributed by atoms with Gasteiger partial charge in [0, 0.05) is 5.54 Å². The van der Waals surface area contributed by atoms with Gasteiger partial charge < -0.3 is 5.73 Å². The van der Waals surface area contributed by atoms with Crippen LogP contribution in [0.4, 0.5) is 4.39 Å². The van der Waals surface area contributed by atoms with Crippen molar-refractivity contribution in [2.75, 3.05) is 0 Å². The third-order valence-electron chi connectivity index (χ3n) is 2.20. The third-order valence-corrected chi connectivity index (χ3v) is 2.20. The van der Waals surface area contributed by atoms with Gasteiger partial charge in [0.1, 0.15) is 5.82 Å². The highest BCUT2D eigenvalue weighted by atomic mass is 19.1. The number of hydrogen-bond donors (Lipinski definition) is 1. The Kier molecular flexibility index (Phi) is 2.44. The van der Waals surface area contributed by atoms with Crippen LogP contribution in [0.3, 0.4) is 0 Å². The minimum Gasteiger partial charge on any atom is -0.322 e. The van der Waals surface area contributed by atoms with E-state index in [2.05, 4.69) is 0 Å². The molecule has 1 rings (SSSR count). The van der Waals surface area contributed by atoms with E-state index in [0.717, 1.165) is 11.1 Å². The molecule has 13 heavy (non-hydrogen) atoms. The lowest BCUT2D eigenvalue weighted by molar-refractivity contribution is 0.538. The lowest BCUT2D eigenvalue weighted by Crippen LogP contribution is -2.29. The summed E-state index contributed by atoms with van der Waals surface area (Å²) < 4.78 is 13.2. The maximum Gasteiger partial charge on any atom is 0.126 e. The Labute approximate surface area is 78.8 Å². The Hall–Kier alpha value is -0.890. The topological polar surface area (TPSA) is 26.0 Å². The second-order valence-electron chi connectivity index (χ2n) is 4.14. The van der Waals surface area contributed by atoms with E-state index >= 15 is 0 Å². The van der Waals surface area contributed by atoms with Crippen molar-refractivity contribution in [3.8, 4) is 0 Å². The summed E-state index contributed by atoms with van der Waals surface area (Å²) >= 11 is 0. The zero-order valence-electron chi connectivity index (χ0n) is 8.61. The Morgan fingerprint density at radius 2 is 1.69 bits per heavy atom. The minimum atomic E-state index is -0.474. The Morgan fingerprint density at radius 1 is 1.15 bits per heavy atom. The molecule has 0 aliphatic rings. The van der Waals surface area contributed by atoms with Gasteiger partial charge in [0.25, 0.3) is 0 Å². The average molecular weight is 181 g/mol. The van der Waals surface area contributed by atoms with E-state index in [1.165, 1.54) is 6.07 Å². The number of aryl methyl sites for hydroxylation is 2. The standard InChI is InChI=1S/C11H16FN/c1-7-5-8(2)10(12)6-9(7)11(3,4)13/h5-6H,13H2,1-4H3. The Bertz CT molecular complexity index is 324. The number of benzene rings is 1. The molecule has 0 aromatic heterocycles. The number of rotatable bonds is 1. The van der Waals surface area contributed by atoms with Crippen molar-refractivity contribution in [2.45, 2.75) is 33.2 Å². The molecule has 0 spiro atoms. The molecule has 0 saturated heterocycles. The van der Waals surface area contributed by atoms with Crippen molar-refractivity contribution >= 4 is 0 Å². The van der Waals surface area contributed by atoms with Crippen LogP contribution in [0.25, 0.3) is 0 Å². The Balaban J connectivity index is 3.32. The molecule has 2 heteroatoms. The first kappa shape index (κ1) is 10.2. The predicted molar refractivity (Wildman–Crippen MR) is 53.1 cm³/mol. The van der Waals surface area contributed by atoms with Crippen molar-refractivity contribution < 1.29 is 4.39 Å². The van der Waals surface area contributed by atoms with Gasteiger partial charge in [-0.15, -0.1) is 0 Å². The van der Waals surface area contributed by atoms with Crippen molar-refractivity contribution in [3.63, 3.8) is 0 Å². The maximum atomic E-state index is 13.2. The second kappa shape index (κ2) is 3.11. The van der Waals surface area contributed by atoms with Crippen molar-refractivity contribution in [1.29, 1.82) is 0 Å². The van der Waals surface area contributed by atoms with E-state index in [1.807, 2.05) is 26.8 Å². The van der Waals surface area contributed by atoms with Gasteiger partial charge in [-0.05, 0) is 50.5 Å². The molecule has 0 fully saturated rings. The smallest absolute Gasteiger partial charge is 0.126 e. The second-order valence-corrected chi connectivity index (χ2v) is 4.14. The molecule has 72 valence electrons. The van der Waals surface area contributed by atoms with Gasteiger partial charge in [-0.25, -0.2) is 4.39 Å². The molecule has 1 nitrogen and oxygen atoms in total. The van der Waals surface area contributed by atoms with Gasteiger partial charge in [-0.1, -0.05) is 6.07 Å². The molecule has 0 heterocycles. The molecule has 0 aliphatic heterocycles. The van der Waals surface area contributed by atoms with Crippen LogP contribution in [-0.2, 0) is 5.54 Å². The van der Waals surface area contributed by atoms with Crippen molar-refractivity contribution in [2.24, 2.45) is 5.73 Å². The van der Waals surface area contributed by atoms with Gasteiger partial charge in [-0.2, -0.15) is 0 Å². The van der Waals surface area contributed by atoms with E-state index in [9.17, 15) is 4.39 Å². The monoisotopic (exact) mass is 181 g/mol. The van der Waals surface area contributed by atoms with Crippen molar-refractivity contribution in [1.82, 2.24) is 0 Å². The summed E-state index contributed by atoms with van der Waals surface area (Å²) in [5, 5.41) is 0. The molecular weight excluding hydrogens is 165 g/mol. The fraction of sp³-hybridized carbons (Fsp3) is 0.455. The van der Waals surface area contributed by atoms with Gasteiger partial charge in [-0.3, -0.25) is 0 Å². The quantitative estimate of drug-likeness (QED) is 0.708. The summed E-state index contributed by atoms with van der Waals surface area (Å²) in [5.41, 5.74) is 8.03. The molecule has 0 unspecified atom stereocenters. The van der Waals surface area contributed by atoms with Gasteiger partial charge in [0.15, 0.2) is 0 Å². The van der Waals surface area contributed by atoms with Gasteiger partial charge >= 0.3 is 0 Å². The minimum absolute atomic E-state index is 0.181. The maximum absolute atomic E-state index is 13.2. The van der Waals surface area contributed by atoms with Crippen LogP contribution in [0, 0.1) is 19.7 Å². The molecule has 0 atom stereocenters. The zero-order valence-corrected chi connectivity index (χ0v) is 8.61. The molecule has 0 aliphatic carbocycles. The van der Waals surface area contributed by atoms with Crippen LogP contribution in [-0.4, -0.2) is 0 Å². The number of nitrogens with two attached hydrogens (primary N) is 1. The van der Waals surface area contributed by atoms with E-state index in [1.54, 1.807) is 6.92 Å². The van der Waals surface area contributed by atoms with E-state index in [0.29, 0.717) is 5.56 Å². The largest absolute Gasteiger partial charge is 0.322 e. The van der Waals surface area contributed by atoms with Crippen LogP contribution < -0.4 is 5.73 Å². The van der Waals surface area contributed by atoms with E-state index in [4.69, 9.17) is 5.73 Å². The molecule has 1 aromatic rings. The van der Waals surface area contributed by atoms with E-state index in [-0.39, 0.29) is 5.82 Å². The normalized spacial score (nSPS) is 11.8. The summed E-state index contributed by atoms with van der Waals surface area (Å²) in [6.45, 7) is 7.47. The fourth-order valence-electron chi connectivity index (χ4n) is 1.52. The first-order chi connectivity index (χ1) is 5.82. The molecular formula is C11H16FN. The van der Waals surface area contributed by atoms with Gasteiger partial charge in [0.2, 0.25) is 0 Å². The van der Waals surface area contributed by atoms with Crippen LogP contribution in [0.15, 0.2) is 12.1 Å². The third kappa shape index (κ3) is 2.07. The average Bonchev–Trinajstić information content (AvgIpc) is 1.94. The number of halogens is 1. The van der Waals surface area contributed by atoms with Crippen molar-refractivity contribution in [3.05, 3.63) is 34.6 Å². The SMILES string of the molecule is Cc1cc(C)c(C(C)(C)N)cc1F. The lowest BCUT2D eigenvalue weighted by Gasteiger charge is -2.22. The molecule has 1 aromatic carbocycles. The summed E-state index contributed by atoms with van der Waals surface area (Å²) in [6.07, 6.45) is 0. The highest BCUT2D eigenvalue weighted by Gasteiger charge is 2.17. The predicted octanol–water partition coefficient (Wildman–Crippen LogP) is 2.64. The molecule has 2 N–H and O–H groups in total. The molecule has 0 bridgehead atoms. The first-order valence-corrected chi connectivity index (χ1v) is 4.38. The van der Waals surface area contributed by atoms with Crippen LogP contribution in [0.5, 0.6) is 0 Å². The van der Waals surface area contributed by atoms with Crippen LogP contribution in [0.1, 0.15) is 30.5 Å². The first-order valence-electron chi connectivity index (χ1n) is 4.38. The molecule has 0 amide bonds. The lowest BCUT2D eigenvalue weighted by atomic mass is 9.90. The number of hydrogen-bond acceptors (Lipinski definition) is 1. The zero-order chi connectivity index (χ0) is 10.2. The molecule has 0 radical (unpaired) electrons.